The second-order valence-electron chi connectivity index (χ2n) is 4.15. The lowest BCUT2D eigenvalue weighted by Crippen LogP contribution is -2.49. The number of nitrogens with one attached hydrogen (secondary N) is 1. The third kappa shape index (κ3) is 3.50. The van der Waals surface area contributed by atoms with Crippen LogP contribution in [0.5, 0.6) is 5.75 Å². The number of amides is 1. The van der Waals surface area contributed by atoms with E-state index >= 15 is 0 Å². The summed E-state index contributed by atoms with van der Waals surface area (Å²) < 4.78 is 84.0. The molecule has 1 heterocycles. The fourth-order valence-electron chi connectivity index (χ4n) is 1.74. The maximum Gasteiger partial charge on any atom is 0.573 e. The molecule has 0 radical (unpaired) electrons. The minimum absolute atomic E-state index is 0.413. The Labute approximate surface area is 113 Å². The fourth-order valence-corrected chi connectivity index (χ4v) is 1.74. The maximum atomic E-state index is 13.6. The number of carbonyl (C=O) groups excluding carboxylic acids is 1. The van der Waals surface area contributed by atoms with Crippen molar-refractivity contribution >= 4 is 6.09 Å². The van der Waals surface area contributed by atoms with Crippen LogP contribution in [0.15, 0.2) is 18.2 Å². The molecule has 1 saturated heterocycles. The lowest BCUT2D eigenvalue weighted by atomic mass is 10.00. The van der Waals surface area contributed by atoms with Crippen molar-refractivity contribution in [1.82, 2.24) is 5.32 Å². The van der Waals surface area contributed by atoms with Gasteiger partial charge in [0.1, 0.15) is 6.04 Å². The Kier molecular flexibility index (Phi) is 3.64. The van der Waals surface area contributed by atoms with Gasteiger partial charge in [0, 0.05) is 0 Å². The quantitative estimate of drug-likeness (QED) is 0.853. The summed E-state index contributed by atoms with van der Waals surface area (Å²) in [5, 5.41) is 1.78. The highest BCUT2D eigenvalue weighted by Gasteiger charge is 2.47. The molecule has 0 unspecified atom stereocenters. The van der Waals surface area contributed by atoms with Gasteiger partial charge in [-0.15, -0.1) is 13.2 Å². The zero-order chi connectivity index (χ0) is 15.8. The first-order chi connectivity index (χ1) is 9.58. The molecular weight excluding hydrogens is 308 g/mol. The Morgan fingerprint density at radius 2 is 2.00 bits per heavy atom. The van der Waals surface area contributed by atoms with Gasteiger partial charge in [0.25, 0.3) is 0 Å². The number of halogens is 6. The van der Waals surface area contributed by atoms with E-state index < -0.39 is 48.2 Å². The summed E-state index contributed by atoms with van der Waals surface area (Å²) in [6.45, 7) is -1.22. The number of cyclic esters (lactones) is 1. The average Bonchev–Trinajstić information content (AvgIpc) is 2.33. The van der Waals surface area contributed by atoms with E-state index in [4.69, 9.17) is 0 Å². The molecule has 4 nitrogen and oxygen atoms in total. The van der Waals surface area contributed by atoms with E-state index in [1.54, 1.807) is 5.32 Å². The molecule has 0 aromatic heterocycles. The summed E-state index contributed by atoms with van der Waals surface area (Å²) in [6, 6.07) is -0.122. The molecule has 21 heavy (non-hydrogen) atoms. The van der Waals surface area contributed by atoms with Gasteiger partial charge in [-0.3, -0.25) is 0 Å². The van der Waals surface area contributed by atoms with Crippen molar-refractivity contribution in [3.63, 3.8) is 0 Å². The van der Waals surface area contributed by atoms with Crippen LogP contribution in [0.2, 0.25) is 0 Å². The van der Waals surface area contributed by atoms with Crippen LogP contribution in [0.3, 0.4) is 0 Å². The predicted molar refractivity (Wildman–Crippen MR) is 55.3 cm³/mol. The summed E-state index contributed by atoms with van der Waals surface area (Å²) in [5.74, 6) is -6.18. The van der Waals surface area contributed by atoms with Gasteiger partial charge in [-0.05, 0) is 17.7 Å². The molecule has 0 spiro atoms. The molecule has 1 amide bonds. The second kappa shape index (κ2) is 5.01. The molecule has 10 heteroatoms. The van der Waals surface area contributed by atoms with E-state index in [0.717, 1.165) is 6.07 Å². The standard InChI is InChI=1S/C11H7F6NO3/c12-6-3-5(1-2-7(6)21-11(15,16)17)8-10(13,14)4-20-9(19)18-8/h1-3,8H,4H2,(H,18,19)/t8-/m1/s1. The molecule has 0 bridgehead atoms. The van der Waals surface area contributed by atoms with Gasteiger partial charge < -0.3 is 14.8 Å². The summed E-state index contributed by atoms with van der Waals surface area (Å²) in [7, 11) is 0. The Balaban J connectivity index is 2.28. The predicted octanol–water partition coefficient (Wildman–Crippen LogP) is 3.14. The Morgan fingerprint density at radius 1 is 1.33 bits per heavy atom. The van der Waals surface area contributed by atoms with Crippen LogP contribution >= 0.6 is 0 Å². The van der Waals surface area contributed by atoms with Gasteiger partial charge >= 0.3 is 18.4 Å². The molecule has 1 aliphatic rings. The zero-order valence-electron chi connectivity index (χ0n) is 10.0. The van der Waals surface area contributed by atoms with Crippen molar-refractivity contribution < 1.29 is 40.6 Å². The zero-order valence-corrected chi connectivity index (χ0v) is 10.0. The Bertz CT molecular complexity index is 559. The summed E-state index contributed by atoms with van der Waals surface area (Å²) in [4.78, 5) is 10.9. The highest BCUT2D eigenvalue weighted by Crippen LogP contribution is 2.36. The van der Waals surface area contributed by atoms with E-state index in [-0.39, 0.29) is 0 Å². The van der Waals surface area contributed by atoms with Crippen molar-refractivity contribution in [2.75, 3.05) is 6.61 Å². The third-order valence-electron chi connectivity index (χ3n) is 2.60. The molecule has 1 N–H and O–H groups in total. The van der Waals surface area contributed by atoms with Crippen LogP contribution < -0.4 is 10.1 Å². The Morgan fingerprint density at radius 3 is 2.57 bits per heavy atom. The van der Waals surface area contributed by atoms with Gasteiger partial charge in [0.2, 0.25) is 0 Å². The smallest absolute Gasteiger partial charge is 0.443 e. The average molecular weight is 315 g/mol. The lowest BCUT2D eigenvalue weighted by molar-refractivity contribution is -0.275. The first-order valence-corrected chi connectivity index (χ1v) is 5.45. The monoisotopic (exact) mass is 315 g/mol. The minimum Gasteiger partial charge on any atom is -0.443 e. The van der Waals surface area contributed by atoms with Crippen molar-refractivity contribution in [3.05, 3.63) is 29.6 Å². The molecule has 0 saturated carbocycles. The molecule has 1 aromatic carbocycles. The number of rotatable bonds is 2. The van der Waals surface area contributed by atoms with Crippen molar-refractivity contribution in [1.29, 1.82) is 0 Å². The minimum atomic E-state index is -5.11. The first-order valence-electron chi connectivity index (χ1n) is 5.45. The number of alkyl halides is 5. The number of hydrogen-bond acceptors (Lipinski definition) is 3. The van der Waals surface area contributed by atoms with Crippen molar-refractivity contribution in [2.45, 2.75) is 18.3 Å². The van der Waals surface area contributed by atoms with E-state index in [1.807, 2.05) is 0 Å². The summed E-state index contributed by atoms with van der Waals surface area (Å²) in [6.07, 6.45) is -6.25. The molecule has 1 atom stereocenters. The van der Waals surface area contributed by atoms with E-state index in [0.29, 0.717) is 12.1 Å². The third-order valence-corrected chi connectivity index (χ3v) is 2.60. The van der Waals surface area contributed by atoms with Gasteiger partial charge in [0.15, 0.2) is 18.2 Å². The molecule has 1 aromatic rings. The number of ether oxygens (including phenoxy) is 2. The highest BCUT2D eigenvalue weighted by molar-refractivity contribution is 5.69. The molecular formula is C11H7F6NO3. The highest BCUT2D eigenvalue weighted by atomic mass is 19.4. The van der Waals surface area contributed by atoms with Gasteiger partial charge in [-0.1, -0.05) is 6.07 Å². The SMILES string of the molecule is O=C1N[C@H](c2ccc(OC(F)(F)F)c(F)c2)C(F)(F)CO1. The van der Waals surface area contributed by atoms with E-state index in [9.17, 15) is 31.1 Å². The number of hydrogen-bond donors (Lipinski definition) is 1. The number of alkyl carbamates (subject to hydrolysis) is 1. The Hall–Kier alpha value is -2.13. The largest absolute Gasteiger partial charge is 0.573 e. The topological polar surface area (TPSA) is 47.6 Å². The molecule has 2 rings (SSSR count). The number of carbonyl (C=O) groups is 1. The molecule has 1 aliphatic heterocycles. The summed E-state index contributed by atoms with van der Waals surface area (Å²) in [5.41, 5.74) is -0.413. The van der Waals surface area contributed by atoms with Crippen LogP contribution in [0.25, 0.3) is 0 Å². The van der Waals surface area contributed by atoms with Crippen LogP contribution in [-0.4, -0.2) is 25.0 Å². The first kappa shape index (κ1) is 15.3. The van der Waals surface area contributed by atoms with Gasteiger partial charge in [-0.25, -0.2) is 18.0 Å². The lowest BCUT2D eigenvalue weighted by Gasteiger charge is -2.31. The van der Waals surface area contributed by atoms with Crippen LogP contribution in [0.4, 0.5) is 31.1 Å². The van der Waals surface area contributed by atoms with Crippen molar-refractivity contribution in [3.8, 4) is 5.75 Å². The van der Waals surface area contributed by atoms with Crippen LogP contribution in [-0.2, 0) is 4.74 Å². The van der Waals surface area contributed by atoms with Crippen molar-refractivity contribution in [2.24, 2.45) is 0 Å². The van der Waals surface area contributed by atoms with Gasteiger partial charge in [-0.2, -0.15) is 0 Å². The number of benzene rings is 1. The normalized spacial score (nSPS) is 21.4. The fraction of sp³-hybridized carbons (Fsp3) is 0.364. The second-order valence-corrected chi connectivity index (χ2v) is 4.15. The molecule has 0 aliphatic carbocycles. The van der Waals surface area contributed by atoms with Crippen LogP contribution in [0, 0.1) is 5.82 Å². The molecule has 1 fully saturated rings. The summed E-state index contributed by atoms with van der Waals surface area (Å²) >= 11 is 0. The van der Waals surface area contributed by atoms with Crippen LogP contribution in [0.1, 0.15) is 11.6 Å². The molecule has 116 valence electrons. The van der Waals surface area contributed by atoms with E-state index in [2.05, 4.69) is 9.47 Å². The van der Waals surface area contributed by atoms with Gasteiger partial charge in [0.05, 0.1) is 0 Å². The maximum absolute atomic E-state index is 13.6. The van der Waals surface area contributed by atoms with E-state index in [1.165, 1.54) is 0 Å².